The molecule has 0 bridgehead atoms. The molecule has 0 radical (unpaired) electrons. The largest absolute Gasteiger partial charge is 0.282 e. The fourth-order valence-electron chi connectivity index (χ4n) is 2.33. The summed E-state index contributed by atoms with van der Waals surface area (Å²) in [6.07, 6.45) is 3.52. The van der Waals surface area contributed by atoms with Crippen molar-refractivity contribution >= 4 is 5.71 Å². The summed E-state index contributed by atoms with van der Waals surface area (Å²) in [5, 5.41) is 0. The van der Waals surface area contributed by atoms with Crippen LogP contribution in [-0.4, -0.2) is 5.71 Å². The maximum Gasteiger partial charge on any atom is 0.0998 e. The summed E-state index contributed by atoms with van der Waals surface area (Å²) >= 11 is 0. The molecule has 1 nitrogen and oxygen atoms in total. The van der Waals surface area contributed by atoms with E-state index >= 15 is 0 Å². The molecule has 0 amide bonds. The summed E-state index contributed by atoms with van der Waals surface area (Å²) < 4.78 is 0. The first kappa shape index (κ1) is 14.5. The topological polar surface area (TPSA) is 12.4 Å². The second kappa shape index (κ2) is 7.64. The van der Waals surface area contributed by atoms with Gasteiger partial charge in [-0.3, -0.25) is 4.99 Å². The van der Waals surface area contributed by atoms with Crippen LogP contribution in [0.2, 0.25) is 0 Å². The van der Waals surface area contributed by atoms with Crippen LogP contribution in [0.1, 0.15) is 50.3 Å². The van der Waals surface area contributed by atoms with Gasteiger partial charge in [0.1, 0.15) is 0 Å². The molecule has 20 heavy (non-hydrogen) atoms. The maximum absolute atomic E-state index is 4.97. The average Bonchev–Trinajstić information content (AvgIpc) is 2.52. The summed E-state index contributed by atoms with van der Waals surface area (Å²) in [5.41, 5.74) is 3.76. The van der Waals surface area contributed by atoms with Crippen LogP contribution in [0.25, 0.3) is 0 Å². The van der Waals surface area contributed by atoms with E-state index < -0.39 is 0 Å². The van der Waals surface area contributed by atoms with Gasteiger partial charge in [0.15, 0.2) is 0 Å². The first-order valence-corrected chi connectivity index (χ1v) is 7.44. The van der Waals surface area contributed by atoms with Gasteiger partial charge in [-0.05, 0) is 30.9 Å². The molecule has 0 spiro atoms. The zero-order chi connectivity index (χ0) is 14.2. The molecule has 0 aliphatic heterocycles. The molecule has 0 aliphatic carbocycles. The Kier molecular flexibility index (Phi) is 5.55. The van der Waals surface area contributed by atoms with E-state index in [2.05, 4.69) is 74.5 Å². The Bertz CT molecular complexity index is 489. The number of unbranched alkanes of at least 4 members (excludes halogenated alkanes) is 1. The normalized spacial score (nSPS) is 11.8. The lowest BCUT2D eigenvalue weighted by atomic mass is 9.99. The molecule has 2 aromatic carbocycles. The van der Waals surface area contributed by atoms with Crippen LogP contribution < -0.4 is 0 Å². The Morgan fingerprint density at radius 1 is 0.900 bits per heavy atom. The Morgan fingerprint density at radius 3 is 1.85 bits per heavy atom. The number of aliphatic imine (C=N–C) groups is 1. The molecule has 0 heterocycles. The third-order valence-corrected chi connectivity index (χ3v) is 3.47. The zero-order valence-electron chi connectivity index (χ0n) is 12.4. The SMILES string of the molecule is CCCCC(C)=NC(c1ccccc1)c1ccccc1. The van der Waals surface area contributed by atoms with Gasteiger partial charge in [-0.15, -0.1) is 0 Å². The predicted molar refractivity (Wildman–Crippen MR) is 87.4 cm³/mol. The first-order chi connectivity index (χ1) is 9.81. The summed E-state index contributed by atoms with van der Waals surface area (Å²) in [5.74, 6) is 0. The van der Waals surface area contributed by atoms with E-state index in [9.17, 15) is 0 Å². The summed E-state index contributed by atoms with van der Waals surface area (Å²) in [6, 6.07) is 21.2. The fraction of sp³-hybridized carbons (Fsp3) is 0.316. The quantitative estimate of drug-likeness (QED) is 0.618. The maximum atomic E-state index is 4.97. The van der Waals surface area contributed by atoms with E-state index in [1.165, 1.54) is 29.7 Å². The lowest BCUT2D eigenvalue weighted by Gasteiger charge is -2.15. The first-order valence-electron chi connectivity index (χ1n) is 7.44. The highest BCUT2D eigenvalue weighted by Gasteiger charge is 2.12. The Hall–Kier alpha value is -1.89. The van der Waals surface area contributed by atoms with Gasteiger partial charge in [0.2, 0.25) is 0 Å². The molecule has 0 aliphatic rings. The van der Waals surface area contributed by atoms with Crippen LogP contribution in [-0.2, 0) is 0 Å². The van der Waals surface area contributed by atoms with E-state index in [-0.39, 0.29) is 6.04 Å². The van der Waals surface area contributed by atoms with Crippen LogP contribution in [0.3, 0.4) is 0 Å². The van der Waals surface area contributed by atoms with Crippen LogP contribution >= 0.6 is 0 Å². The lowest BCUT2D eigenvalue weighted by molar-refractivity contribution is 0.810. The highest BCUT2D eigenvalue weighted by Crippen LogP contribution is 2.26. The van der Waals surface area contributed by atoms with Gasteiger partial charge < -0.3 is 0 Å². The Labute approximate surface area is 122 Å². The van der Waals surface area contributed by atoms with Crippen molar-refractivity contribution in [2.24, 2.45) is 4.99 Å². The molecule has 0 atom stereocenters. The van der Waals surface area contributed by atoms with Gasteiger partial charge >= 0.3 is 0 Å². The lowest BCUT2D eigenvalue weighted by Crippen LogP contribution is -2.02. The molecule has 1 heteroatoms. The van der Waals surface area contributed by atoms with Crippen molar-refractivity contribution in [3.63, 3.8) is 0 Å². The van der Waals surface area contributed by atoms with Crippen LogP contribution in [0.15, 0.2) is 65.7 Å². The van der Waals surface area contributed by atoms with E-state index in [0.717, 1.165) is 6.42 Å². The number of rotatable bonds is 6. The third-order valence-electron chi connectivity index (χ3n) is 3.47. The average molecular weight is 265 g/mol. The Balaban J connectivity index is 2.30. The summed E-state index contributed by atoms with van der Waals surface area (Å²) in [6.45, 7) is 4.37. The Morgan fingerprint density at radius 2 is 1.40 bits per heavy atom. The highest BCUT2D eigenvalue weighted by atomic mass is 14.8. The number of hydrogen-bond donors (Lipinski definition) is 0. The number of benzene rings is 2. The van der Waals surface area contributed by atoms with Crippen molar-refractivity contribution in [3.8, 4) is 0 Å². The second-order valence-corrected chi connectivity index (χ2v) is 5.19. The van der Waals surface area contributed by atoms with Crippen molar-refractivity contribution in [2.45, 2.75) is 39.2 Å². The van der Waals surface area contributed by atoms with Crippen molar-refractivity contribution in [3.05, 3.63) is 71.8 Å². The minimum Gasteiger partial charge on any atom is -0.282 e. The molecule has 104 valence electrons. The summed E-state index contributed by atoms with van der Waals surface area (Å²) in [7, 11) is 0. The molecular formula is C19H23N. The molecule has 0 saturated carbocycles. The molecule has 0 fully saturated rings. The van der Waals surface area contributed by atoms with Gasteiger partial charge in [-0.1, -0.05) is 74.0 Å². The zero-order valence-corrected chi connectivity index (χ0v) is 12.4. The standard InChI is InChI=1S/C19H23N/c1-3-4-11-16(2)20-19(17-12-7-5-8-13-17)18-14-9-6-10-15-18/h5-10,12-15,19H,3-4,11H2,1-2H3. The van der Waals surface area contributed by atoms with Gasteiger partial charge in [-0.25, -0.2) is 0 Å². The third kappa shape index (κ3) is 4.06. The van der Waals surface area contributed by atoms with Gasteiger partial charge in [0, 0.05) is 5.71 Å². The van der Waals surface area contributed by atoms with Crippen LogP contribution in [0.5, 0.6) is 0 Å². The van der Waals surface area contributed by atoms with Gasteiger partial charge in [0.05, 0.1) is 6.04 Å². The number of hydrogen-bond acceptors (Lipinski definition) is 1. The molecule has 0 aromatic heterocycles. The monoisotopic (exact) mass is 265 g/mol. The van der Waals surface area contributed by atoms with Gasteiger partial charge in [0.25, 0.3) is 0 Å². The van der Waals surface area contributed by atoms with Crippen molar-refractivity contribution in [1.29, 1.82) is 0 Å². The minimum absolute atomic E-state index is 0.120. The van der Waals surface area contributed by atoms with E-state index in [1.807, 2.05) is 0 Å². The van der Waals surface area contributed by atoms with E-state index in [4.69, 9.17) is 4.99 Å². The summed E-state index contributed by atoms with van der Waals surface area (Å²) in [4.78, 5) is 4.97. The molecule has 2 rings (SSSR count). The van der Waals surface area contributed by atoms with E-state index in [1.54, 1.807) is 0 Å². The second-order valence-electron chi connectivity index (χ2n) is 5.19. The van der Waals surface area contributed by atoms with Crippen molar-refractivity contribution < 1.29 is 0 Å². The molecular weight excluding hydrogens is 242 g/mol. The molecule has 0 N–H and O–H groups in total. The van der Waals surface area contributed by atoms with Crippen LogP contribution in [0, 0.1) is 0 Å². The highest BCUT2D eigenvalue weighted by molar-refractivity contribution is 5.82. The van der Waals surface area contributed by atoms with Crippen molar-refractivity contribution in [2.75, 3.05) is 0 Å². The minimum atomic E-state index is 0.120. The van der Waals surface area contributed by atoms with E-state index in [0.29, 0.717) is 0 Å². The molecule has 2 aromatic rings. The number of nitrogens with zero attached hydrogens (tertiary/aromatic N) is 1. The van der Waals surface area contributed by atoms with Crippen LogP contribution in [0.4, 0.5) is 0 Å². The molecule has 0 unspecified atom stereocenters. The van der Waals surface area contributed by atoms with Crippen molar-refractivity contribution in [1.82, 2.24) is 0 Å². The smallest absolute Gasteiger partial charge is 0.0998 e. The van der Waals surface area contributed by atoms with Gasteiger partial charge in [-0.2, -0.15) is 0 Å². The fourth-order valence-corrected chi connectivity index (χ4v) is 2.33. The predicted octanol–water partition coefficient (Wildman–Crippen LogP) is 5.43. The molecule has 0 saturated heterocycles.